The number of pyridine rings is 1. The van der Waals surface area contributed by atoms with Gasteiger partial charge in [0.05, 0.1) is 17.1 Å². The van der Waals surface area contributed by atoms with Crippen LogP contribution in [0.15, 0.2) is 109 Å². The van der Waals surface area contributed by atoms with Crippen LogP contribution in [0.25, 0.3) is 28.3 Å². The lowest BCUT2D eigenvalue weighted by atomic mass is 9.90. The summed E-state index contributed by atoms with van der Waals surface area (Å²) < 4.78 is 2.05. The van der Waals surface area contributed by atoms with Gasteiger partial charge in [-0.15, -0.1) is 0 Å². The Bertz CT molecular complexity index is 2050. The predicted molar refractivity (Wildman–Crippen MR) is 183 cm³/mol. The molecule has 2 amide bonds. The molecule has 5 heterocycles. The first-order valence-corrected chi connectivity index (χ1v) is 15.8. The van der Waals surface area contributed by atoms with Crippen LogP contribution in [0.4, 0.5) is 27.8 Å². The lowest BCUT2D eigenvalue weighted by Crippen LogP contribution is -2.33. The zero-order chi connectivity index (χ0) is 30.9. The van der Waals surface area contributed by atoms with Gasteiger partial charge in [-0.3, -0.25) is 9.30 Å². The summed E-state index contributed by atoms with van der Waals surface area (Å²) in [5.41, 5.74) is 9.20. The second kappa shape index (κ2) is 12.1. The van der Waals surface area contributed by atoms with Crippen molar-refractivity contribution in [3.63, 3.8) is 0 Å². The molecule has 0 saturated carbocycles. The topological polar surface area (TPSA) is 99.5 Å². The number of hydrogen-bond acceptors (Lipinski definition) is 6. The Balaban J connectivity index is 1.10. The van der Waals surface area contributed by atoms with Gasteiger partial charge in [0.15, 0.2) is 0 Å². The number of para-hydroxylation sites is 1. The standard InChI is InChI=1S/C37H34N8O/c46-37(44-22-17-26-7-1-2-12-32(26)44)41-30-11-6-9-28(24-30)34-35(45-21-4-3-13-33(45)43-34)31-16-20-39-36(42-31)40-29-10-5-8-27(23-29)25-14-18-38-19-15-25/h1-13,16,20-21,23-25,38H,14-15,17-19,22H2,(H,41,46)(H,39,40,42). The fraction of sp³-hybridized carbons (Fsp3) is 0.189. The molecule has 0 aliphatic carbocycles. The summed E-state index contributed by atoms with van der Waals surface area (Å²) in [5, 5.41) is 9.99. The Kier molecular flexibility index (Phi) is 7.36. The molecule has 1 saturated heterocycles. The van der Waals surface area contributed by atoms with Crippen molar-refractivity contribution >= 4 is 34.7 Å². The van der Waals surface area contributed by atoms with Crippen LogP contribution >= 0.6 is 0 Å². The highest BCUT2D eigenvalue weighted by molar-refractivity contribution is 6.03. The van der Waals surface area contributed by atoms with Crippen LogP contribution in [0.2, 0.25) is 0 Å². The maximum atomic E-state index is 13.3. The van der Waals surface area contributed by atoms with Gasteiger partial charge < -0.3 is 16.0 Å². The average Bonchev–Trinajstić information content (AvgIpc) is 3.72. The molecule has 6 aromatic rings. The lowest BCUT2D eigenvalue weighted by Gasteiger charge is -2.23. The zero-order valence-electron chi connectivity index (χ0n) is 25.4. The Morgan fingerprint density at radius 3 is 2.63 bits per heavy atom. The van der Waals surface area contributed by atoms with Gasteiger partial charge in [-0.2, -0.15) is 0 Å². The number of imidazole rings is 1. The number of rotatable bonds is 6. The van der Waals surface area contributed by atoms with Crippen LogP contribution in [0.1, 0.15) is 29.9 Å². The van der Waals surface area contributed by atoms with Gasteiger partial charge in [0, 0.05) is 41.6 Å². The molecule has 0 radical (unpaired) electrons. The van der Waals surface area contributed by atoms with Crippen LogP contribution < -0.4 is 20.9 Å². The molecular formula is C37H34N8O. The molecule has 2 aliphatic heterocycles. The summed E-state index contributed by atoms with van der Waals surface area (Å²) in [5.74, 6) is 1.08. The van der Waals surface area contributed by atoms with Crippen molar-refractivity contribution in [2.24, 2.45) is 0 Å². The third-order valence-electron chi connectivity index (χ3n) is 8.90. The number of aromatic nitrogens is 4. The smallest absolute Gasteiger partial charge is 0.324 e. The van der Waals surface area contributed by atoms with E-state index in [0.29, 0.717) is 24.1 Å². The summed E-state index contributed by atoms with van der Waals surface area (Å²) in [4.78, 5) is 29.7. The number of urea groups is 1. The van der Waals surface area contributed by atoms with Crippen molar-refractivity contribution in [3.8, 4) is 22.6 Å². The van der Waals surface area contributed by atoms with Gasteiger partial charge in [-0.1, -0.05) is 48.5 Å². The van der Waals surface area contributed by atoms with E-state index in [4.69, 9.17) is 9.97 Å². The van der Waals surface area contributed by atoms with Gasteiger partial charge in [-0.05, 0) is 97.9 Å². The average molecular weight is 607 g/mol. The van der Waals surface area contributed by atoms with E-state index in [1.54, 1.807) is 11.1 Å². The zero-order valence-corrected chi connectivity index (χ0v) is 25.4. The SMILES string of the molecule is O=C(Nc1cccc(-c2nc3ccccn3c2-c2ccnc(Nc3cccc(C4CCNCC4)c3)n2)c1)N1CCc2ccccc21. The molecule has 0 bridgehead atoms. The molecule has 46 heavy (non-hydrogen) atoms. The third kappa shape index (κ3) is 5.46. The number of amides is 2. The van der Waals surface area contributed by atoms with Crippen LogP contribution in [0, 0.1) is 0 Å². The summed E-state index contributed by atoms with van der Waals surface area (Å²) in [6, 6.07) is 32.2. The molecule has 2 aliphatic rings. The maximum absolute atomic E-state index is 13.3. The first-order chi connectivity index (χ1) is 22.7. The van der Waals surface area contributed by atoms with Gasteiger partial charge in [0.1, 0.15) is 5.65 Å². The molecule has 9 heteroatoms. The highest BCUT2D eigenvalue weighted by Gasteiger charge is 2.25. The third-order valence-corrected chi connectivity index (χ3v) is 8.90. The number of piperidine rings is 1. The van der Waals surface area contributed by atoms with E-state index in [1.165, 1.54) is 11.1 Å². The number of nitrogens with one attached hydrogen (secondary N) is 3. The van der Waals surface area contributed by atoms with Crippen molar-refractivity contribution in [2.45, 2.75) is 25.2 Å². The molecule has 8 rings (SSSR count). The first kappa shape index (κ1) is 28.0. The normalized spacial score (nSPS) is 14.7. The van der Waals surface area contributed by atoms with Gasteiger partial charge in [0.2, 0.25) is 5.95 Å². The molecule has 3 aromatic heterocycles. The van der Waals surface area contributed by atoms with E-state index in [-0.39, 0.29) is 6.03 Å². The molecule has 9 nitrogen and oxygen atoms in total. The number of anilines is 4. The molecular weight excluding hydrogens is 572 g/mol. The van der Waals surface area contributed by atoms with E-state index in [1.807, 2.05) is 77.3 Å². The Morgan fingerprint density at radius 1 is 0.848 bits per heavy atom. The van der Waals surface area contributed by atoms with Crippen molar-refractivity contribution in [3.05, 3.63) is 121 Å². The number of nitrogens with zero attached hydrogens (tertiary/aromatic N) is 5. The fourth-order valence-corrected chi connectivity index (χ4v) is 6.63. The first-order valence-electron chi connectivity index (χ1n) is 15.8. The summed E-state index contributed by atoms with van der Waals surface area (Å²) in [7, 11) is 0. The van der Waals surface area contributed by atoms with Crippen molar-refractivity contribution in [1.82, 2.24) is 24.7 Å². The molecule has 0 unspecified atom stereocenters. The quantitative estimate of drug-likeness (QED) is 0.185. The Hall–Kier alpha value is -5.54. The minimum Gasteiger partial charge on any atom is -0.324 e. The highest BCUT2D eigenvalue weighted by atomic mass is 16.2. The molecule has 0 spiro atoms. The number of benzene rings is 3. The molecule has 1 fully saturated rings. The van der Waals surface area contributed by atoms with E-state index in [2.05, 4.69) is 51.3 Å². The van der Waals surface area contributed by atoms with Crippen LogP contribution in [-0.4, -0.2) is 45.0 Å². The van der Waals surface area contributed by atoms with E-state index in [9.17, 15) is 4.79 Å². The molecule has 3 aromatic carbocycles. The van der Waals surface area contributed by atoms with E-state index < -0.39 is 0 Å². The molecule has 228 valence electrons. The van der Waals surface area contributed by atoms with Crippen molar-refractivity contribution in [2.75, 3.05) is 35.2 Å². The van der Waals surface area contributed by atoms with Crippen LogP contribution in [-0.2, 0) is 6.42 Å². The summed E-state index contributed by atoms with van der Waals surface area (Å²) in [6.45, 7) is 2.77. The lowest BCUT2D eigenvalue weighted by molar-refractivity contribution is 0.257. The van der Waals surface area contributed by atoms with E-state index in [0.717, 1.165) is 72.0 Å². The Labute approximate surface area is 267 Å². The number of fused-ring (bicyclic) bond motifs is 2. The number of carbonyl (C=O) groups is 1. The van der Waals surface area contributed by atoms with Gasteiger partial charge >= 0.3 is 6.03 Å². The highest BCUT2D eigenvalue weighted by Crippen LogP contribution is 2.34. The Morgan fingerprint density at radius 2 is 1.70 bits per heavy atom. The minimum absolute atomic E-state index is 0.145. The largest absolute Gasteiger partial charge is 0.326 e. The monoisotopic (exact) mass is 606 g/mol. The maximum Gasteiger partial charge on any atom is 0.326 e. The number of carbonyl (C=O) groups excluding carboxylic acids is 1. The summed E-state index contributed by atoms with van der Waals surface area (Å²) in [6.07, 6.45) is 6.91. The van der Waals surface area contributed by atoms with Gasteiger partial charge in [-0.25, -0.2) is 19.7 Å². The predicted octanol–water partition coefficient (Wildman–Crippen LogP) is 7.26. The fourth-order valence-electron chi connectivity index (χ4n) is 6.63. The van der Waals surface area contributed by atoms with Crippen LogP contribution in [0.3, 0.4) is 0 Å². The van der Waals surface area contributed by atoms with E-state index >= 15 is 0 Å². The minimum atomic E-state index is -0.145. The molecule has 3 N–H and O–H groups in total. The van der Waals surface area contributed by atoms with Crippen molar-refractivity contribution in [1.29, 1.82) is 0 Å². The van der Waals surface area contributed by atoms with Crippen LogP contribution in [0.5, 0.6) is 0 Å². The van der Waals surface area contributed by atoms with Crippen molar-refractivity contribution < 1.29 is 4.79 Å². The van der Waals surface area contributed by atoms with Gasteiger partial charge in [0.25, 0.3) is 0 Å². The molecule has 0 atom stereocenters. The summed E-state index contributed by atoms with van der Waals surface area (Å²) >= 11 is 0. The second-order valence-corrected chi connectivity index (χ2v) is 11.8. The second-order valence-electron chi connectivity index (χ2n) is 11.8. The number of hydrogen-bond donors (Lipinski definition) is 3.